The van der Waals surface area contributed by atoms with Crippen molar-refractivity contribution in [2.45, 2.75) is 6.92 Å². The molecule has 0 aliphatic carbocycles. The SMILES string of the molecule is CCOC(=O)c1cc(OC)c(OC)cc1NC(=O)c1cccc(OC)c1. The first kappa shape index (κ1) is 19.1. The van der Waals surface area contributed by atoms with Gasteiger partial charge in [-0.15, -0.1) is 0 Å². The van der Waals surface area contributed by atoms with Crippen LogP contribution < -0.4 is 19.5 Å². The largest absolute Gasteiger partial charge is 0.497 e. The number of hydrogen-bond acceptors (Lipinski definition) is 6. The summed E-state index contributed by atoms with van der Waals surface area (Å²) in [5.74, 6) is 0.308. The smallest absolute Gasteiger partial charge is 0.340 e. The lowest BCUT2D eigenvalue weighted by molar-refractivity contribution is 0.0527. The second-order valence-electron chi connectivity index (χ2n) is 5.16. The lowest BCUT2D eigenvalue weighted by Crippen LogP contribution is -2.16. The number of hydrogen-bond donors (Lipinski definition) is 1. The second kappa shape index (κ2) is 8.75. The average molecular weight is 359 g/mol. The Balaban J connectivity index is 2.42. The summed E-state index contributed by atoms with van der Waals surface area (Å²) in [6.45, 7) is 1.91. The van der Waals surface area contributed by atoms with Crippen LogP contribution in [0.3, 0.4) is 0 Å². The van der Waals surface area contributed by atoms with Gasteiger partial charge in [0.05, 0.1) is 39.2 Å². The van der Waals surface area contributed by atoms with Crippen LogP contribution in [-0.4, -0.2) is 39.8 Å². The topological polar surface area (TPSA) is 83.1 Å². The summed E-state index contributed by atoms with van der Waals surface area (Å²) in [6, 6.07) is 9.66. The first-order valence-electron chi connectivity index (χ1n) is 7.92. The second-order valence-corrected chi connectivity index (χ2v) is 5.16. The fraction of sp³-hybridized carbons (Fsp3) is 0.263. The van der Waals surface area contributed by atoms with Gasteiger partial charge in [-0.25, -0.2) is 4.79 Å². The molecule has 138 valence electrons. The van der Waals surface area contributed by atoms with E-state index in [1.165, 1.54) is 33.5 Å². The van der Waals surface area contributed by atoms with E-state index in [-0.39, 0.29) is 17.9 Å². The summed E-state index contributed by atoms with van der Waals surface area (Å²) in [5, 5.41) is 2.71. The van der Waals surface area contributed by atoms with Crippen molar-refractivity contribution < 1.29 is 28.5 Å². The number of carbonyl (C=O) groups is 2. The molecule has 1 N–H and O–H groups in total. The van der Waals surface area contributed by atoms with E-state index < -0.39 is 11.9 Å². The Kier molecular flexibility index (Phi) is 6.43. The minimum atomic E-state index is -0.575. The molecule has 0 atom stereocenters. The molecule has 0 heterocycles. The molecule has 26 heavy (non-hydrogen) atoms. The third kappa shape index (κ3) is 4.24. The van der Waals surface area contributed by atoms with Gasteiger partial charge in [-0.1, -0.05) is 6.07 Å². The van der Waals surface area contributed by atoms with Gasteiger partial charge in [0.1, 0.15) is 5.75 Å². The van der Waals surface area contributed by atoms with Crippen molar-refractivity contribution in [1.82, 2.24) is 0 Å². The van der Waals surface area contributed by atoms with Gasteiger partial charge in [-0.3, -0.25) is 4.79 Å². The third-order valence-corrected chi connectivity index (χ3v) is 3.60. The van der Waals surface area contributed by atoms with E-state index in [0.717, 1.165) is 0 Å². The van der Waals surface area contributed by atoms with Gasteiger partial charge in [-0.05, 0) is 25.1 Å². The predicted molar refractivity (Wildman–Crippen MR) is 96.4 cm³/mol. The Morgan fingerprint density at radius 2 is 1.65 bits per heavy atom. The van der Waals surface area contributed by atoms with Gasteiger partial charge >= 0.3 is 5.97 Å². The van der Waals surface area contributed by atoms with Gasteiger partial charge in [0, 0.05) is 17.7 Å². The van der Waals surface area contributed by atoms with Crippen LogP contribution in [0.2, 0.25) is 0 Å². The molecule has 0 aliphatic rings. The molecule has 0 saturated heterocycles. The summed E-state index contributed by atoms with van der Waals surface area (Å²) in [4.78, 5) is 24.8. The number of esters is 1. The van der Waals surface area contributed by atoms with Crippen LogP contribution in [0.4, 0.5) is 5.69 Å². The fourth-order valence-corrected chi connectivity index (χ4v) is 2.32. The van der Waals surface area contributed by atoms with E-state index in [1.807, 2.05) is 0 Å². The van der Waals surface area contributed by atoms with Crippen LogP contribution >= 0.6 is 0 Å². The number of methoxy groups -OCH3 is 3. The lowest BCUT2D eigenvalue weighted by Gasteiger charge is -2.15. The molecular formula is C19H21NO6. The summed E-state index contributed by atoms with van der Waals surface area (Å²) < 4.78 is 20.6. The number of anilines is 1. The van der Waals surface area contributed by atoms with Crippen molar-refractivity contribution in [2.75, 3.05) is 33.3 Å². The molecule has 2 aromatic carbocycles. The molecule has 0 unspecified atom stereocenters. The molecule has 0 radical (unpaired) electrons. The minimum absolute atomic E-state index is 0.167. The van der Waals surface area contributed by atoms with Crippen molar-refractivity contribution in [1.29, 1.82) is 0 Å². The Morgan fingerprint density at radius 3 is 2.27 bits per heavy atom. The zero-order valence-corrected chi connectivity index (χ0v) is 15.1. The zero-order chi connectivity index (χ0) is 19.1. The quantitative estimate of drug-likeness (QED) is 0.765. The number of benzene rings is 2. The summed E-state index contributed by atoms with van der Waals surface area (Å²) in [5.41, 5.74) is 0.809. The molecule has 0 bridgehead atoms. The Hall–Kier alpha value is -3.22. The van der Waals surface area contributed by atoms with Crippen molar-refractivity contribution in [3.05, 3.63) is 47.5 Å². The van der Waals surface area contributed by atoms with E-state index in [0.29, 0.717) is 22.8 Å². The maximum absolute atomic E-state index is 12.6. The van der Waals surface area contributed by atoms with Crippen molar-refractivity contribution >= 4 is 17.6 Å². The van der Waals surface area contributed by atoms with Gasteiger partial charge in [0.25, 0.3) is 5.91 Å². The maximum atomic E-state index is 12.6. The highest BCUT2D eigenvalue weighted by Gasteiger charge is 2.20. The standard InChI is InChI=1S/C19H21NO6/c1-5-26-19(22)14-10-16(24-3)17(25-4)11-15(14)20-18(21)12-7-6-8-13(9-12)23-2/h6-11H,5H2,1-4H3,(H,20,21). The molecule has 0 aliphatic heterocycles. The first-order chi connectivity index (χ1) is 12.5. The van der Waals surface area contributed by atoms with E-state index in [4.69, 9.17) is 18.9 Å². The molecule has 0 saturated carbocycles. The highest BCUT2D eigenvalue weighted by Crippen LogP contribution is 2.34. The van der Waals surface area contributed by atoms with Crippen LogP contribution in [0.5, 0.6) is 17.2 Å². The van der Waals surface area contributed by atoms with Crippen LogP contribution in [0.15, 0.2) is 36.4 Å². The summed E-state index contributed by atoms with van der Waals surface area (Å²) in [6.07, 6.45) is 0. The maximum Gasteiger partial charge on any atom is 0.340 e. The van der Waals surface area contributed by atoms with Crippen LogP contribution in [0, 0.1) is 0 Å². The zero-order valence-electron chi connectivity index (χ0n) is 15.1. The molecule has 0 fully saturated rings. The molecule has 7 heteroatoms. The monoisotopic (exact) mass is 359 g/mol. The molecule has 2 aromatic rings. The molecule has 0 aromatic heterocycles. The predicted octanol–water partition coefficient (Wildman–Crippen LogP) is 3.14. The van der Waals surface area contributed by atoms with Gasteiger partial charge < -0.3 is 24.3 Å². The molecule has 7 nitrogen and oxygen atoms in total. The summed E-state index contributed by atoms with van der Waals surface area (Å²) >= 11 is 0. The van der Waals surface area contributed by atoms with Crippen LogP contribution in [0.25, 0.3) is 0 Å². The van der Waals surface area contributed by atoms with E-state index in [1.54, 1.807) is 31.2 Å². The summed E-state index contributed by atoms with van der Waals surface area (Å²) in [7, 11) is 4.45. The molecule has 2 rings (SSSR count). The number of rotatable bonds is 7. The van der Waals surface area contributed by atoms with Crippen molar-refractivity contribution in [3.8, 4) is 17.2 Å². The third-order valence-electron chi connectivity index (χ3n) is 3.60. The highest BCUT2D eigenvalue weighted by atomic mass is 16.5. The van der Waals surface area contributed by atoms with E-state index in [9.17, 15) is 9.59 Å². The number of carbonyl (C=O) groups excluding carboxylic acids is 2. The first-order valence-corrected chi connectivity index (χ1v) is 7.92. The van der Waals surface area contributed by atoms with Crippen molar-refractivity contribution in [3.63, 3.8) is 0 Å². The van der Waals surface area contributed by atoms with Crippen LogP contribution in [-0.2, 0) is 4.74 Å². The van der Waals surface area contributed by atoms with Gasteiger partial charge in [-0.2, -0.15) is 0 Å². The van der Waals surface area contributed by atoms with Crippen molar-refractivity contribution in [2.24, 2.45) is 0 Å². The normalized spacial score (nSPS) is 10.0. The van der Waals surface area contributed by atoms with E-state index >= 15 is 0 Å². The Bertz CT molecular complexity index is 803. The molecule has 0 spiro atoms. The van der Waals surface area contributed by atoms with Gasteiger partial charge in [0.15, 0.2) is 11.5 Å². The highest BCUT2D eigenvalue weighted by molar-refractivity contribution is 6.08. The van der Waals surface area contributed by atoms with Crippen LogP contribution in [0.1, 0.15) is 27.6 Å². The average Bonchev–Trinajstić information content (AvgIpc) is 2.67. The minimum Gasteiger partial charge on any atom is -0.497 e. The number of ether oxygens (including phenoxy) is 4. The van der Waals surface area contributed by atoms with Gasteiger partial charge in [0.2, 0.25) is 0 Å². The number of nitrogens with one attached hydrogen (secondary N) is 1. The number of amides is 1. The Labute approximate surface area is 151 Å². The van der Waals surface area contributed by atoms with E-state index in [2.05, 4.69) is 5.32 Å². The Morgan fingerprint density at radius 1 is 0.962 bits per heavy atom. The molecule has 1 amide bonds. The lowest BCUT2D eigenvalue weighted by atomic mass is 10.1. The molecular weight excluding hydrogens is 338 g/mol. The fourth-order valence-electron chi connectivity index (χ4n) is 2.32.